The van der Waals surface area contributed by atoms with Gasteiger partial charge in [-0.1, -0.05) is 6.07 Å². The average Bonchev–Trinajstić information content (AvgIpc) is 2.84. The first kappa shape index (κ1) is 14.9. The van der Waals surface area contributed by atoms with Crippen LogP contribution >= 0.6 is 0 Å². The third kappa shape index (κ3) is 2.09. The van der Waals surface area contributed by atoms with Gasteiger partial charge in [0, 0.05) is 6.54 Å². The number of nitrogens with one attached hydrogen (secondary N) is 1. The van der Waals surface area contributed by atoms with Gasteiger partial charge in [0.05, 0.1) is 5.56 Å². The number of carbonyl (C=O) groups is 1. The third-order valence-corrected chi connectivity index (χ3v) is 3.64. The van der Waals surface area contributed by atoms with Crippen molar-refractivity contribution in [1.29, 1.82) is 0 Å². The maximum Gasteiger partial charge on any atom is 0.402 e. The smallest absolute Gasteiger partial charge is 0.315 e. The van der Waals surface area contributed by atoms with E-state index in [1.54, 1.807) is 0 Å². The fourth-order valence-electron chi connectivity index (χ4n) is 2.36. The predicted octanol–water partition coefficient (Wildman–Crippen LogP) is 3.00. The van der Waals surface area contributed by atoms with E-state index in [2.05, 4.69) is 5.32 Å². The Hall–Kier alpha value is -1.50. The number of hydrogen-bond acceptors (Lipinski definition) is 2. The molecule has 0 bridgehead atoms. The molecular weight excluding hydrogens is 281 g/mol. The molecule has 1 aliphatic heterocycles. The van der Waals surface area contributed by atoms with Gasteiger partial charge >= 0.3 is 6.18 Å². The van der Waals surface area contributed by atoms with Crippen molar-refractivity contribution in [1.82, 2.24) is 5.32 Å². The molecule has 0 aromatic heterocycles. The molecule has 2 nitrogen and oxygen atoms in total. The largest absolute Gasteiger partial charge is 0.402 e. The number of rotatable bonds is 2. The topological polar surface area (TPSA) is 29.1 Å². The summed E-state index contributed by atoms with van der Waals surface area (Å²) in [5, 5.41) is 2.44. The van der Waals surface area contributed by atoms with Crippen LogP contribution in [0.1, 0.15) is 22.3 Å². The number of carbonyl (C=O) groups excluding carboxylic acids is 1. The van der Waals surface area contributed by atoms with Crippen molar-refractivity contribution in [3.8, 4) is 0 Å². The second-order valence-electron chi connectivity index (χ2n) is 4.89. The molecule has 1 aromatic carbocycles. The minimum Gasteiger partial charge on any atom is -0.315 e. The summed E-state index contributed by atoms with van der Waals surface area (Å²) in [4.78, 5) is 12.2. The molecule has 1 N–H and O–H groups in total. The molecule has 0 spiro atoms. The zero-order chi connectivity index (χ0) is 15.1. The summed E-state index contributed by atoms with van der Waals surface area (Å²) in [5.74, 6) is -4.05. The van der Waals surface area contributed by atoms with Gasteiger partial charge in [0.1, 0.15) is 17.0 Å². The molecule has 0 amide bonds. The Morgan fingerprint density at radius 2 is 1.95 bits per heavy atom. The molecule has 7 heteroatoms. The summed E-state index contributed by atoms with van der Waals surface area (Å²) in [6, 6.07) is 1.88. The lowest BCUT2D eigenvalue weighted by Crippen LogP contribution is -2.47. The van der Waals surface area contributed by atoms with Gasteiger partial charge in [0.2, 0.25) is 0 Å². The van der Waals surface area contributed by atoms with Gasteiger partial charge in [-0.3, -0.25) is 4.79 Å². The van der Waals surface area contributed by atoms with E-state index in [9.17, 15) is 26.7 Å². The summed E-state index contributed by atoms with van der Waals surface area (Å²) < 4.78 is 67.2. The Bertz CT molecular complexity index is 546. The van der Waals surface area contributed by atoms with E-state index in [0.717, 1.165) is 12.1 Å². The highest BCUT2D eigenvalue weighted by atomic mass is 19.4. The van der Waals surface area contributed by atoms with Crippen LogP contribution in [0.4, 0.5) is 22.0 Å². The summed E-state index contributed by atoms with van der Waals surface area (Å²) in [6.45, 7) is 0.571. The molecule has 0 radical (unpaired) electrons. The van der Waals surface area contributed by atoms with Crippen molar-refractivity contribution >= 4 is 5.78 Å². The first-order valence-corrected chi connectivity index (χ1v) is 5.97. The Morgan fingerprint density at radius 3 is 2.45 bits per heavy atom. The first-order chi connectivity index (χ1) is 9.21. The van der Waals surface area contributed by atoms with E-state index in [0.29, 0.717) is 0 Å². The molecule has 20 heavy (non-hydrogen) atoms. The summed E-state index contributed by atoms with van der Waals surface area (Å²) in [5.41, 5.74) is -3.94. The second-order valence-corrected chi connectivity index (χ2v) is 4.89. The van der Waals surface area contributed by atoms with E-state index < -0.39 is 47.5 Å². The van der Waals surface area contributed by atoms with Crippen molar-refractivity contribution in [3.63, 3.8) is 0 Å². The zero-order valence-electron chi connectivity index (χ0n) is 10.6. The van der Waals surface area contributed by atoms with Crippen LogP contribution in [0.2, 0.25) is 0 Å². The Kier molecular flexibility index (Phi) is 3.58. The van der Waals surface area contributed by atoms with Gasteiger partial charge in [-0.25, -0.2) is 8.78 Å². The number of hydrogen-bond donors (Lipinski definition) is 1. The molecule has 1 unspecified atom stereocenters. The molecule has 0 aliphatic carbocycles. The van der Waals surface area contributed by atoms with Gasteiger partial charge in [-0.05, 0) is 31.5 Å². The van der Waals surface area contributed by atoms with Crippen LogP contribution in [-0.4, -0.2) is 25.0 Å². The molecule has 1 aromatic rings. The van der Waals surface area contributed by atoms with Gasteiger partial charge in [-0.15, -0.1) is 0 Å². The number of aryl methyl sites for hydroxylation is 1. The number of alkyl halides is 3. The van der Waals surface area contributed by atoms with Crippen molar-refractivity contribution in [2.45, 2.75) is 19.5 Å². The molecular formula is C13H12F5NO. The van der Waals surface area contributed by atoms with Crippen LogP contribution in [0.3, 0.4) is 0 Å². The van der Waals surface area contributed by atoms with Crippen molar-refractivity contribution in [3.05, 3.63) is 34.9 Å². The fraction of sp³-hybridized carbons (Fsp3) is 0.462. The van der Waals surface area contributed by atoms with Crippen LogP contribution in [-0.2, 0) is 0 Å². The van der Waals surface area contributed by atoms with Crippen LogP contribution in [0, 0.1) is 24.0 Å². The lowest BCUT2D eigenvalue weighted by atomic mass is 9.78. The minimum atomic E-state index is -4.86. The molecule has 1 fully saturated rings. The van der Waals surface area contributed by atoms with E-state index >= 15 is 0 Å². The highest BCUT2D eigenvalue weighted by Crippen LogP contribution is 2.46. The monoisotopic (exact) mass is 293 g/mol. The Morgan fingerprint density at radius 1 is 1.30 bits per heavy atom. The molecule has 0 saturated carbocycles. The highest BCUT2D eigenvalue weighted by Gasteiger charge is 2.62. The lowest BCUT2D eigenvalue weighted by Gasteiger charge is -2.29. The fourth-order valence-corrected chi connectivity index (χ4v) is 2.36. The van der Waals surface area contributed by atoms with Crippen LogP contribution in [0.25, 0.3) is 0 Å². The number of Topliss-reactive ketones (excluding diaryl/α,β-unsaturated/α-hetero) is 1. The van der Waals surface area contributed by atoms with Gasteiger partial charge in [-0.2, -0.15) is 13.2 Å². The second kappa shape index (κ2) is 4.80. The molecule has 110 valence electrons. The standard InChI is InChI=1S/C13H12F5NO/c1-7-2-3-8(14)9(10(7)15)11(20)12(13(16,17)18)4-5-19-6-12/h2-3,19H,4-6H2,1H3. The van der Waals surface area contributed by atoms with E-state index in [1.807, 2.05) is 0 Å². The predicted molar refractivity (Wildman–Crippen MR) is 61.4 cm³/mol. The third-order valence-electron chi connectivity index (χ3n) is 3.64. The maximum absolute atomic E-state index is 13.9. The van der Waals surface area contributed by atoms with Crippen LogP contribution < -0.4 is 5.32 Å². The van der Waals surface area contributed by atoms with Crippen molar-refractivity contribution in [2.75, 3.05) is 13.1 Å². The molecule has 2 rings (SSSR count). The maximum atomic E-state index is 13.9. The number of ketones is 1. The lowest BCUT2D eigenvalue weighted by molar-refractivity contribution is -0.197. The van der Waals surface area contributed by atoms with Crippen molar-refractivity contribution in [2.24, 2.45) is 5.41 Å². The first-order valence-electron chi connectivity index (χ1n) is 5.97. The molecule has 1 aliphatic rings. The zero-order valence-corrected chi connectivity index (χ0v) is 10.6. The number of benzene rings is 1. The summed E-state index contributed by atoms with van der Waals surface area (Å²) in [6.07, 6.45) is -5.39. The van der Waals surface area contributed by atoms with Gasteiger partial charge < -0.3 is 5.32 Å². The summed E-state index contributed by atoms with van der Waals surface area (Å²) >= 11 is 0. The van der Waals surface area contributed by atoms with E-state index in [-0.39, 0.29) is 12.1 Å². The van der Waals surface area contributed by atoms with Gasteiger partial charge in [0.15, 0.2) is 5.78 Å². The quantitative estimate of drug-likeness (QED) is 0.671. The van der Waals surface area contributed by atoms with Gasteiger partial charge in [0.25, 0.3) is 0 Å². The van der Waals surface area contributed by atoms with Crippen molar-refractivity contribution < 1.29 is 26.7 Å². The molecule has 1 heterocycles. The summed E-state index contributed by atoms with van der Waals surface area (Å²) in [7, 11) is 0. The van der Waals surface area contributed by atoms with E-state index in [1.165, 1.54) is 6.92 Å². The van der Waals surface area contributed by atoms with Crippen LogP contribution in [0.5, 0.6) is 0 Å². The highest BCUT2D eigenvalue weighted by molar-refractivity contribution is 6.02. The van der Waals surface area contributed by atoms with Crippen LogP contribution in [0.15, 0.2) is 12.1 Å². The Labute approximate surface area is 112 Å². The van der Waals surface area contributed by atoms with E-state index in [4.69, 9.17) is 0 Å². The Balaban J connectivity index is 2.58. The average molecular weight is 293 g/mol. The normalized spacial score (nSPS) is 23.1. The minimum absolute atomic E-state index is 0.0275. The molecule has 1 saturated heterocycles. The number of halogens is 5. The molecule has 1 atom stereocenters. The SMILES string of the molecule is Cc1ccc(F)c(C(=O)C2(C(F)(F)F)CCNC2)c1F.